The number of hydrogen-bond acceptors (Lipinski definition) is 6. The van der Waals surface area contributed by atoms with Gasteiger partial charge in [-0.3, -0.25) is 14.9 Å². The van der Waals surface area contributed by atoms with Crippen molar-refractivity contribution in [3.05, 3.63) is 11.7 Å². The maximum atomic E-state index is 12.2. The number of nitrogens with zero attached hydrogens (tertiary/aromatic N) is 3. The van der Waals surface area contributed by atoms with E-state index in [4.69, 9.17) is 4.52 Å². The van der Waals surface area contributed by atoms with Gasteiger partial charge in [-0.05, 0) is 18.8 Å². The van der Waals surface area contributed by atoms with Crippen molar-refractivity contribution in [2.75, 3.05) is 13.1 Å². The van der Waals surface area contributed by atoms with Gasteiger partial charge in [0.1, 0.15) is 6.04 Å². The van der Waals surface area contributed by atoms with Crippen LogP contribution in [0.15, 0.2) is 4.52 Å². The molecule has 2 aliphatic rings. The van der Waals surface area contributed by atoms with Crippen LogP contribution in [0, 0.1) is 12.8 Å². The lowest BCUT2D eigenvalue weighted by atomic mass is 9.93. The first-order valence-corrected chi connectivity index (χ1v) is 7.69. The third-order valence-electron chi connectivity index (χ3n) is 4.25. The quantitative estimate of drug-likeness (QED) is 0.739. The van der Waals surface area contributed by atoms with Gasteiger partial charge in [0, 0.05) is 26.4 Å². The van der Waals surface area contributed by atoms with Crippen molar-refractivity contribution >= 4 is 17.8 Å². The Kier molecular flexibility index (Phi) is 4.26. The van der Waals surface area contributed by atoms with Gasteiger partial charge in [-0.2, -0.15) is 4.98 Å². The maximum Gasteiger partial charge on any atom is 0.322 e. The van der Waals surface area contributed by atoms with Crippen molar-refractivity contribution in [3.63, 3.8) is 0 Å². The number of aryl methyl sites for hydroxylation is 1. The summed E-state index contributed by atoms with van der Waals surface area (Å²) in [5, 5.41) is 8.47. The summed E-state index contributed by atoms with van der Waals surface area (Å²) in [6.45, 7) is 3.04. The van der Waals surface area contributed by atoms with E-state index in [0.717, 1.165) is 19.3 Å². The van der Waals surface area contributed by atoms with E-state index in [1.165, 1.54) is 0 Å². The second-order valence-corrected chi connectivity index (χ2v) is 5.98. The first kappa shape index (κ1) is 15.4. The number of aromatic nitrogens is 2. The SMILES string of the molecule is Cc1nc(CC2CCN(C(=O)C[C@@H]3NC(=O)NC3=O)CC2)no1. The Morgan fingerprint density at radius 3 is 2.65 bits per heavy atom. The van der Waals surface area contributed by atoms with Crippen LogP contribution < -0.4 is 10.6 Å². The number of likely N-dealkylation sites (tertiary alicyclic amines) is 1. The zero-order valence-electron chi connectivity index (χ0n) is 12.9. The number of hydrogen-bond donors (Lipinski definition) is 2. The van der Waals surface area contributed by atoms with Crippen molar-refractivity contribution in [3.8, 4) is 0 Å². The number of piperidine rings is 1. The molecule has 0 radical (unpaired) electrons. The van der Waals surface area contributed by atoms with Crippen LogP contribution in [-0.2, 0) is 16.0 Å². The Labute approximate surface area is 132 Å². The predicted molar refractivity (Wildman–Crippen MR) is 77.1 cm³/mol. The monoisotopic (exact) mass is 321 g/mol. The molecule has 2 saturated heterocycles. The molecule has 124 valence electrons. The summed E-state index contributed by atoms with van der Waals surface area (Å²) in [5.74, 6) is 1.14. The molecule has 4 amide bonds. The minimum absolute atomic E-state index is 0.00623. The third kappa shape index (κ3) is 3.66. The smallest absolute Gasteiger partial charge is 0.322 e. The van der Waals surface area contributed by atoms with Crippen LogP contribution in [-0.4, -0.2) is 52.0 Å². The molecule has 0 aromatic carbocycles. The Balaban J connectivity index is 1.46. The zero-order valence-corrected chi connectivity index (χ0v) is 12.9. The highest BCUT2D eigenvalue weighted by molar-refractivity contribution is 6.05. The molecule has 3 heterocycles. The molecular weight excluding hydrogens is 302 g/mol. The van der Waals surface area contributed by atoms with Gasteiger partial charge in [-0.25, -0.2) is 4.79 Å². The summed E-state index contributed by atoms with van der Waals surface area (Å²) in [6, 6.07) is -1.29. The van der Waals surface area contributed by atoms with E-state index in [1.807, 2.05) is 0 Å². The minimum atomic E-state index is -0.755. The summed E-state index contributed by atoms with van der Waals surface area (Å²) in [7, 11) is 0. The standard InChI is InChI=1S/C14H19N5O4/c1-8-15-11(18-23-8)6-9-2-4-19(5-3-9)12(20)7-10-13(21)17-14(22)16-10/h9-10H,2-7H2,1H3,(H2,16,17,21,22)/t10-/m0/s1. The van der Waals surface area contributed by atoms with E-state index in [2.05, 4.69) is 20.8 Å². The molecule has 2 N–H and O–H groups in total. The summed E-state index contributed by atoms with van der Waals surface area (Å²) in [4.78, 5) is 40.7. The van der Waals surface area contributed by atoms with E-state index in [9.17, 15) is 14.4 Å². The molecule has 3 rings (SSSR count). The number of urea groups is 1. The van der Waals surface area contributed by atoms with E-state index in [1.54, 1.807) is 11.8 Å². The van der Waals surface area contributed by atoms with Crippen LogP contribution in [0.3, 0.4) is 0 Å². The van der Waals surface area contributed by atoms with Gasteiger partial charge >= 0.3 is 6.03 Å². The number of amides is 4. The topological polar surface area (TPSA) is 117 Å². The van der Waals surface area contributed by atoms with Crippen LogP contribution in [0.5, 0.6) is 0 Å². The molecule has 9 heteroatoms. The normalized spacial score (nSPS) is 22.1. The van der Waals surface area contributed by atoms with Crippen LogP contribution >= 0.6 is 0 Å². The van der Waals surface area contributed by atoms with Gasteiger partial charge in [0.05, 0.1) is 6.42 Å². The zero-order chi connectivity index (χ0) is 16.4. The largest absolute Gasteiger partial charge is 0.343 e. The summed E-state index contributed by atoms with van der Waals surface area (Å²) in [6.07, 6.45) is 2.48. The Bertz CT molecular complexity index is 620. The molecular formula is C14H19N5O4. The highest BCUT2D eigenvalue weighted by Crippen LogP contribution is 2.21. The highest BCUT2D eigenvalue weighted by atomic mass is 16.5. The van der Waals surface area contributed by atoms with Gasteiger partial charge in [-0.1, -0.05) is 5.16 Å². The van der Waals surface area contributed by atoms with Gasteiger partial charge in [0.15, 0.2) is 5.82 Å². The van der Waals surface area contributed by atoms with Crippen molar-refractivity contribution < 1.29 is 18.9 Å². The van der Waals surface area contributed by atoms with Crippen molar-refractivity contribution in [2.24, 2.45) is 5.92 Å². The molecule has 0 bridgehead atoms. The molecule has 1 aromatic rings. The highest BCUT2D eigenvalue weighted by Gasteiger charge is 2.33. The molecule has 0 unspecified atom stereocenters. The first-order chi connectivity index (χ1) is 11.0. The molecule has 23 heavy (non-hydrogen) atoms. The fourth-order valence-electron chi connectivity index (χ4n) is 2.98. The molecule has 2 aliphatic heterocycles. The lowest BCUT2D eigenvalue weighted by Gasteiger charge is -2.32. The fourth-order valence-corrected chi connectivity index (χ4v) is 2.98. The predicted octanol–water partition coefficient (Wildman–Crippen LogP) is -0.243. The van der Waals surface area contributed by atoms with Crippen LogP contribution in [0.2, 0.25) is 0 Å². The van der Waals surface area contributed by atoms with Crippen LogP contribution in [0.4, 0.5) is 4.79 Å². The molecule has 1 atom stereocenters. The summed E-state index contributed by atoms with van der Waals surface area (Å²) >= 11 is 0. The Morgan fingerprint density at radius 1 is 1.35 bits per heavy atom. The van der Waals surface area contributed by atoms with Crippen molar-refractivity contribution in [1.29, 1.82) is 0 Å². The minimum Gasteiger partial charge on any atom is -0.343 e. The lowest BCUT2D eigenvalue weighted by molar-refractivity contribution is -0.135. The summed E-state index contributed by atoms with van der Waals surface area (Å²) in [5.41, 5.74) is 0. The van der Waals surface area contributed by atoms with Crippen molar-refractivity contribution in [1.82, 2.24) is 25.7 Å². The lowest BCUT2D eigenvalue weighted by Crippen LogP contribution is -2.42. The van der Waals surface area contributed by atoms with E-state index >= 15 is 0 Å². The molecule has 0 aliphatic carbocycles. The number of nitrogens with one attached hydrogen (secondary N) is 2. The fraction of sp³-hybridized carbons (Fsp3) is 0.643. The van der Waals surface area contributed by atoms with Gasteiger partial charge < -0.3 is 14.7 Å². The Morgan fingerprint density at radius 2 is 2.09 bits per heavy atom. The second-order valence-electron chi connectivity index (χ2n) is 5.98. The molecule has 0 spiro atoms. The molecule has 2 fully saturated rings. The summed E-state index contributed by atoms with van der Waals surface area (Å²) < 4.78 is 4.96. The van der Waals surface area contributed by atoms with Gasteiger partial charge in [0.25, 0.3) is 5.91 Å². The third-order valence-corrected chi connectivity index (χ3v) is 4.25. The van der Waals surface area contributed by atoms with Gasteiger partial charge in [-0.15, -0.1) is 0 Å². The van der Waals surface area contributed by atoms with E-state index in [-0.39, 0.29) is 12.3 Å². The molecule has 1 aromatic heterocycles. The molecule has 0 saturated carbocycles. The first-order valence-electron chi connectivity index (χ1n) is 7.69. The number of imide groups is 1. The average molecular weight is 321 g/mol. The second kappa shape index (κ2) is 6.35. The maximum absolute atomic E-state index is 12.2. The van der Waals surface area contributed by atoms with E-state index in [0.29, 0.717) is 30.7 Å². The number of carbonyl (C=O) groups excluding carboxylic acids is 3. The Hall–Kier alpha value is -2.45. The van der Waals surface area contributed by atoms with Crippen molar-refractivity contribution in [2.45, 2.75) is 38.6 Å². The van der Waals surface area contributed by atoms with Gasteiger partial charge in [0.2, 0.25) is 11.8 Å². The van der Waals surface area contributed by atoms with E-state index < -0.39 is 18.0 Å². The van der Waals surface area contributed by atoms with Crippen LogP contribution in [0.1, 0.15) is 31.0 Å². The van der Waals surface area contributed by atoms with Crippen LogP contribution in [0.25, 0.3) is 0 Å². The number of rotatable bonds is 4. The average Bonchev–Trinajstić information content (AvgIpc) is 3.05. The molecule has 9 nitrogen and oxygen atoms in total. The number of carbonyl (C=O) groups is 3.